The highest BCUT2D eigenvalue weighted by atomic mass is 35.5. The first-order chi connectivity index (χ1) is 11.8. The highest BCUT2D eigenvalue weighted by Crippen LogP contribution is 2.12. The molecule has 2 rings (SSSR count). The zero-order chi connectivity index (χ0) is 18.4. The SMILES string of the molecule is CC(C)CC(CN)NC(=O)c1cccc(CN2CCS(=O)(=O)CC2)c1.Cl.Cl. The molecule has 6 nitrogen and oxygen atoms in total. The normalized spacial score (nSPS) is 17.5. The average molecular weight is 440 g/mol. The maximum absolute atomic E-state index is 12.5. The van der Waals surface area contributed by atoms with Crippen molar-refractivity contribution >= 4 is 40.6 Å². The molecule has 0 bridgehead atoms. The summed E-state index contributed by atoms with van der Waals surface area (Å²) in [5.41, 5.74) is 7.38. The van der Waals surface area contributed by atoms with E-state index in [1.165, 1.54) is 0 Å². The Labute approximate surface area is 175 Å². The van der Waals surface area contributed by atoms with Crippen molar-refractivity contribution in [1.29, 1.82) is 0 Å². The Bertz CT molecular complexity index is 685. The molecule has 1 heterocycles. The number of carbonyl (C=O) groups excluding carboxylic acids is 1. The third kappa shape index (κ3) is 8.79. The van der Waals surface area contributed by atoms with Crippen molar-refractivity contribution in [3.63, 3.8) is 0 Å². The van der Waals surface area contributed by atoms with Crippen LogP contribution in [-0.2, 0) is 16.4 Å². The summed E-state index contributed by atoms with van der Waals surface area (Å²) in [7, 11) is -2.87. The lowest BCUT2D eigenvalue weighted by Gasteiger charge is -2.26. The molecule has 1 unspecified atom stereocenters. The maximum Gasteiger partial charge on any atom is 0.251 e. The quantitative estimate of drug-likeness (QED) is 0.675. The van der Waals surface area contributed by atoms with E-state index >= 15 is 0 Å². The lowest BCUT2D eigenvalue weighted by molar-refractivity contribution is 0.0933. The van der Waals surface area contributed by atoms with Gasteiger partial charge < -0.3 is 11.1 Å². The van der Waals surface area contributed by atoms with Gasteiger partial charge in [-0.15, -0.1) is 24.8 Å². The van der Waals surface area contributed by atoms with Crippen LogP contribution in [0.15, 0.2) is 24.3 Å². The largest absolute Gasteiger partial charge is 0.348 e. The van der Waals surface area contributed by atoms with Crippen LogP contribution in [0.4, 0.5) is 0 Å². The van der Waals surface area contributed by atoms with E-state index in [9.17, 15) is 13.2 Å². The molecule has 0 aromatic heterocycles. The molecule has 3 N–H and O–H groups in total. The van der Waals surface area contributed by atoms with Crippen LogP contribution in [0.25, 0.3) is 0 Å². The zero-order valence-corrected chi connectivity index (χ0v) is 18.3. The molecule has 0 radical (unpaired) electrons. The molecule has 1 aliphatic rings. The zero-order valence-electron chi connectivity index (χ0n) is 15.9. The lowest BCUT2D eigenvalue weighted by atomic mass is 10.0. The van der Waals surface area contributed by atoms with Gasteiger partial charge in [-0.3, -0.25) is 9.69 Å². The molecule has 156 valence electrons. The summed E-state index contributed by atoms with van der Waals surface area (Å²) in [4.78, 5) is 14.6. The van der Waals surface area contributed by atoms with Crippen LogP contribution in [0.2, 0.25) is 0 Å². The van der Waals surface area contributed by atoms with Crippen LogP contribution in [-0.4, -0.2) is 56.4 Å². The van der Waals surface area contributed by atoms with Crippen molar-refractivity contribution in [3.8, 4) is 0 Å². The molecule has 1 fully saturated rings. The molecule has 1 saturated heterocycles. The van der Waals surface area contributed by atoms with E-state index in [1.807, 2.05) is 18.2 Å². The fraction of sp³-hybridized carbons (Fsp3) is 0.611. The van der Waals surface area contributed by atoms with E-state index in [0.717, 1.165) is 12.0 Å². The Morgan fingerprint density at radius 1 is 1.22 bits per heavy atom. The Morgan fingerprint density at radius 2 is 1.85 bits per heavy atom. The number of halogens is 2. The van der Waals surface area contributed by atoms with Gasteiger partial charge in [0.2, 0.25) is 0 Å². The number of benzene rings is 1. The minimum Gasteiger partial charge on any atom is -0.348 e. The molecule has 27 heavy (non-hydrogen) atoms. The van der Waals surface area contributed by atoms with Gasteiger partial charge in [0, 0.05) is 37.8 Å². The van der Waals surface area contributed by atoms with Gasteiger partial charge in [-0.1, -0.05) is 26.0 Å². The lowest BCUT2D eigenvalue weighted by Crippen LogP contribution is -2.41. The molecule has 1 atom stereocenters. The minimum absolute atomic E-state index is 0. The smallest absolute Gasteiger partial charge is 0.251 e. The van der Waals surface area contributed by atoms with E-state index in [4.69, 9.17) is 5.73 Å². The van der Waals surface area contributed by atoms with Crippen LogP contribution in [0.1, 0.15) is 36.2 Å². The summed E-state index contributed by atoms with van der Waals surface area (Å²) in [6, 6.07) is 7.48. The number of nitrogens with one attached hydrogen (secondary N) is 1. The number of nitrogens with zero attached hydrogens (tertiary/aromatic N) is 1. The van der Waals surface area contributed by atoms with E-state index in [0.29, 0.717) is 37.7 Å². The van der Waals surface area contributed by atoms with Crippen molar-refractivity contribution in [1.82, 2.24) is 10.2 Å². The van der Waals surface area contributed by atoms with Gasteiger partial charge >= 0.3 is 0 Å². The van der Waals surface area contributed by atoms with Crippen LogP contribution in [0.3, 0.4) is 0 Å². The molecule has 1 amide bonds. The van der Waals surface area contributed by atoms with E-state index in [1.54, 1.807) is 6.07 Å². The highest BCUT2D eigenvalue weighted by Gasteiger charge is 2.21. The Hall–Kier alpha value is -0.860. The van der Waals surface area contributed by atoms with Gasteiger partial charge in [0.05, 0.1) is 11.5 Å². The van der Waals surface area contributed by atoms with Gasteiger partial charge in [0.25, 0.3) is 5.91 Å². The first-order valence-corrected chi connectivity index (χ1v) is 10.6. The van der Waals surface area contributed by atoms with Crippen molar-refractivity contribution in [2.75, 3.05) is 31.1 Å². The van der Waals surface area contributed by atoms with Crippen LogP contribution >= 0.6 is 24.8 Å². The highest BCUT2D eigenvalue weighted by molar-refractivity contribution is 7.91. The predicted molar refractivity (Wildman–Crippen MR) is 115 cm³/mol. The second-order valence-corrected chi connectivity index (χ2v) is 9.47. The number of hydrogen-bond donors (Lipinski definition) is 2. The Kier molecular flexibility index (Phi) is 11.5. The number of sulfone groups is 1. The number of nitrogens with two attached hydrogens (primary N) is 1. The fourth-order valence-corrected chi connectivity index (χ4v) is 4.31. The van der Waals surface area contributed by atoms with Crippen molar-refractivity contribution < 1.29 is 13.2 Å². The second-order valence-electron chi connectivity index (χ2n) is 7.16. The fourth-order valence-electron chi connectivity index (χ4n) is 3.03. The summed E-state index contributed by atoms with van der Waals surface area (Å²) in [6.07, 6.45) is 0.851. The molecule has 0 spiro atoms. The molecule has 1 aliphatic heterocycles. The van der Waals surface area contributed by atoms with Gasteiger partial charge in [0.1, 0.15) is 0 Å². The minimum atomic E-state index is -2.87. The Balaban J connectivity index is 0.00000338. The molecule has 0 saturated carbocycles. The number of hydrogen-bond acceptors (Lipinski definition) is 5. The first-order valence-electron chi connectivity index (χ1n) is 8.81. The standard InChI is InChI=1S/C18H29N3O3S.2ClH/c1-14(2)10-17(12-19)20-18(22)16-5-3-4-15(11-16)13-21-6-8-25(23,24)9-7-21;;/h3-5,11,14,17H,6-10,12-13,19H2,1-2H3,(H,20,22);2*1H. The monoisotopic (exact) mass is 439 g/mol. The number of rotatable bonds is 7. The van der Waals surface area contributed by atoms with Gasteiger partial charge in [-0.05, 0) is 30.0 Å². The third-order valence-corrected chi connectivity index (χ3v) is 6.02. The average Bonchev–Trinajstić information content (AvgIpc) is 2.56. The van der Waals surface area contributed by atoms with E-state index < -0.39 is 9.84 Å². The molecule has 1 aromatic rings. The topological polar surface area (TPSA) is 92.5 Å². The first kappa shape index (κ1) is 26.1. The molecule has 1 aromatic carbocycles. The van der Waals surface area contributed by atoms with E-state index in [-0.39, 0.29) is 48.3 Å². The van der Waals surface area contributed by atoms with Crippen molar-refractivity contribution in [3.05, 3.63) is 35.4 Å². The molecule has 9 heteroatoms. The summed E-state index contributed by atoms with van der Waals surface area (Å²) in [6.45, 7) is 6.38. The molecule has 0 aliphatic carbocycles. The third-order valence-electron chi connectivity index (χ3n) is 4.41. The van der Waals surface area contributed by atoms with Crippen LogP contribution < -0.4 is 11.1 Å². The summed E-state index contributed by atoms with van der Waals surface area (Å²) >= 11 is 0. The Morgan fingerprint density at radius 3 is 2.41 bits per heavy atom. The second kappa shape index (κ2) is 11.9. The van der Waals surface area contributed by atoms with Crippen LogP contribution in [0, 0.1) is 5.92 Å². The summed E-state index contributed by atoms with van der Waals surface area (Å²) < 4.78 is 23.0. The molecular formula is C18H31Cl2N3O3S. The summed E-state index contributed by atoms with van der Waals surface area (Å²) in [5, 5.41) is 3.00. The van der Waals surface area contributed by atoms with Crippen molar-refractivity contribution in [2.24, 2.45) is 11.7 Å². The van der Waals surface area contributed by atoms with Crippen molar-refractivity contribution in [2.45, 2.75) is 32.9 Å². The maximum atomic E-state index is 12.5. The van der Waals surface area contributed by atoms with Gasteiger partial charge in [-0.25, -0.2) is 8.42 Å². The molecular weight excluding hydrogens is 409 g/mol. The predicted octanol–water partition coefficient (Wildman–Crippen LogP) is 1.86. The number of amides is 1. The number of carbonyl (C=O) groups is 1. The van der Waals surface area contributed by atoms with E-state index in [2.05, 4.69) is 24.1 Å². The van der Waals surface area contributed by atoms with Gasteiger partial charge in [0.15, 0.2) is 9.84 Å². The summed E-state index contributed by atoms with van der Waals surface area (Å²) in [5.74, 6) is 0.774. The van der Waals surface area contributed by atoms with Crippen LogP contribution in [0.5, 0.6) is 0 Å². The van der Waals surface area contributed by atoms with Gasteiger partial charge in [-0.2, -0.15) is 0 Å².